The first kappa shape index (κ1) is 19.3. The predicted octanol–water partition coefficient (Wildman–Crippen LogP) is 1.48. The highest BCUT2D eigenvalue weighted by atomic mass is 32.1. The summed E-state index contributed by atoms with van der Waals surface area (Å²) in [6, 6.07) is 6.61. The minimum absolute atomic E-state index is 0.0414. The van der Waals surface area contributed by atoms with Crippen molar-refractivity contribution in [1.82, 2.24) is 10.6 Å². The average Bonchev–Trinajstić information content (AvgIpc) is 2.57. The first-order chi connectivity index (χ1) is 11.1. The third-order valence-electron chi connectivity index (χ3n) is 3.09. The number of amides is 1. The fourth-order valence-corrected chi connectivity index (χ4v) is 2.00. The van der Waals surface area contributed by atoms with Crippen LogP contribution in [-0.4, -0.2) is 48.6 Å². The molecule has 1 rings (SSSR count). The van der Waals surface area contributed by atoms with Crippen molar-refractivity contribution in [2.45, 2.75) is 26.3 Å². The number of nitrogens with one attached hydrogen (secondary N) is 2. The molecule has 128 valence electrons. The molecule has 0 aliphatic carbocycles. The van der Waals surface area contributed by atoms with Crippen LogP contribution < -0.4 is 15.4 Å². The average molecular weight is 340 g/mol. The zero-order valence-electron chi connectivity index (χ0n) is 13.5. The number of aliphatic hydroxyl groups is 1. The summed E-state index contributed by atoms with van der Waals surface area (Å²) in [7, 11) is 0. The summed E-state index contributed by atoms with van der Waals surface area (Å²) in [5.41, 5.74) is 0.475. The van der Waals surface area contributed by atoms with Gasteiger partial charge in [-0.3, -0.25) is 10.1 Å². The molecule has 1 aromatic carbocycles. The second kappa shape index (κ2) is 10.9. The van der Waals surface area contributed by atoms with Crippen LogP contribution in [0.4, 0.5) is 0 Å². The lowest BCUT2D eigenvalue weighted by atomic mass is 10.2. The fraction of sp³-hybridized carbons (Fsp3) is 0.500. The number of thiocarbonyl (C=S) groups is 1. The SMILES string of the molecule is CCOCCOc1ccc(C(=O)NC(=S)NC(CC)CO)cc1. The van der Waals surface area contributed by atoms with Crippen molar-refractivity contribution in [3.05, 3.63) is 29.8 Å². The van der Waals surface area contributed by atoms with E-state index in [4.69, 9.17) is 26.8 Å². The Morgan fingerprint density at radius 3 is 2.52 bits per heavy atom. The molecular weight excluding hydrogens is 316 g/mol. The van der Waals surface area contributed by atoms with Gasteiger partial charge in [-0.1, -0.05) is 6.92 Å². The van der Waals surface area contributed by atoms with Gasteiger partial charge in [0.2, 0.25) is 0 Å². The van der Waals surface area contributed by atoms with Crippen LogP contribution >= 0.6 is 12.2 Å². The van der Waals surface area contributed by atoms with Crippen LogP contribution in [-0.2, 0) is 4.74 Å². The Morgan fingerprint density at radius 2 is 1.96 bits per heavy atom. The third-order valence-corrected chi connectivity index (χ3v) is 3.31. The molecule has 0 saturated carbocycles. The molecule has 1 unspecified atom stereocenters. The van der Waals surface area contributed by atoms with Gasteiger partial charge in [0.05, 0.1) is 19.3 Å². The zero-order valence-corrected chi connectivity index (χ0v) is 14.3. The van der Waals surface area contributed by atoms with Crippen molar-refractivity contribution in [1.29, 1.82) is 0 Å². The molecule has 0 radical (unpaired) electrons. The Hall–Kier alpha value is -1.70. The van der Waals surface area contributed by atoms with Gasteiger partial charge in [-0.15, -0.1) is 0 Å². The summed E-state index contributed by atoms with van der Waals surface area (Å²) in [5, 5.41) is 14.8. The highest BCUT2D eigenvalue weighted by Crippen LogP contribution is 2.12. The van der Waals surface area contributed by atoms with Gasteiger partial charge < -0.3 is 19.9 Å². The van der Waals surface area contributed by atoms with Crippen LogP contribution in [0.3, 0.4) is 0 Å². The third kappa shape index (κ3) is 7.40. The van der Waals surface area contributed by atoms with Gasteiger partial charge in [0, 0.05) is 12.2 Å². The molecule has 0 aromatic heterocycles. The van der Waals surface area contributed by atoms with Crippen LogP contribution in [0, 0.1) is 0 Å². The summed E-state index contributed by atoms with van der Waals surface area (Å²) in [4.78, 5) is 12.1. The molecule has 6 nitrogen and oxygen atoms in total. The lowest BCUT2D eigenvalue weighted by Crippen LogP contribution is -2.45. The van der Waals surface area contributed by atoms with Crippen LogP contribution in [0.2, 0.25) is 0 Å². The maximum absolute atomic E-state index is 12.1. The van der Waals surface area contributed by atoms with Gasteiger partial charge in [-0.25, -0.2) is 0 Å². The summed E-state index contributed by atoms with van der Waals surface area (Å²) in [6.07, 6.45) is 0.709. The van der Waals surface area contributed by atoms with Gasteiger partial charge >= 0.3 is 0 Å². The Kier molecular flexibility index (Phi) is 9.20. The molecule has 1 aromatic rings. The Balaban J connectivity index is 2.45. The van der Waals surface area contributed by atoms with Gasteiger partial charge in [-0.05, 0) is 49.8 Å². The molecule has 0 saturated heterocycles. The second-order valence-electron chi connectivity index (χ2n) is 4.79. The zero-order chi connectivity index (χ0) is 17.1. The van der Waals surface area contributed by atoms with E-state index in [1.54, 1.807) is 24.3 Å². The summed E-state index contributed by atoms with van der Waals surface area (Å²) >= 11 is 5.05. The van der Waals surface area contributed by atoms with Crippen molar-refractivity contribution >= 4 is 23.2 Å². The predicted molar refractivity (Wildman–Crippen MR) is 92.8 cm³/mol. The Morgan fingerprint density at radius 1 is 1.26 bits per heavy atom. The number of hydrogen-bond acceptors (Lipinski definition) is 5. The number of benzene rings is 1. The van der Waals surface area contributed by atoms with Crippen LogP contribution in [0.15, 0.2) is 24.3 Å². The standard InChI is InChI=1S/C16H24N2O4S/c1-3-13(11-19)17-16(23)18-15(20)12-5-7-14(8-6-12)22-10-9-21-4-2/h5-8,13,19H,3-4,9-11H2,1-2H3,(H2,17,18,20,23). The van der Waals surface area contributed by atoms with Crippen LogP contribution in [0.25, 0.3) is 0 Å². The number of rotatable bonds is 9. The first-order valence-corrected chi connectivity index (χ1v) is 8.04. The van der Waals surface area contributed by atoms with E-state index in [2.05, 4.69) is 10.6 Å². The molecule has 0 fully saturated rings. The molecule has 0 aliphatic heterocycles. The van der Waals surface area contributed by atoms with Crippen molar-refractivity contribution in [2.24, 2.45) is 0 Å². The van der Waals surface area contributed by atoms with E-state index in [0.29, 0.717) is 37.6 Å². The molecule has 23 heavy (non-hydrogen) atoms. The van der Waals surface area contributed by atoms with E-state index in [1.165, 1.54) is 0 Å². The maximum Gasteiger partial charge on any atom is 0.257 e. The van der Waals surface area contributed by atoms with Crippen molar-refractivity contribution in [3.8, 4) is 5.75 Å². The molecule has 0 bridgehead atoms. The highest BCUT2D eigenvalue weighted by Gasteiger charge is 2.11. The minimum Gasteiger partial charge on any atom is -0.491 e. The van der Waals surface area contributed by atoms with E-state index in [9.17, 15) is 4.79 Å². The molecular formula is C16H24N2O4S. The largest absolute Gasteiger partial charge is 0.491 e. The minimum atomic E-state index is -0.309. The molecule has 1 amide bonds. The molecule has 1 atom stereocenters. The van der Waals surface area contributed by atoms with Gasteiger partial charge in [0.1, 0.15) is 12.4 Å². The molecule has 0 spiro atoms. The molecule has 3 N–H and O–H groups in total. The van der Waals surface area contributed by atoms with E-state index in [0.717, 1.165) is 0 Å². The van der Waals surface area contributed by atoms with Gasteiger partial charge in [-0.2, -0.15) is 0 Å². The number of carbonyl (C=O) groups is 1. The number of aliphatic hydroxyl groups excluding tert-OH is 1. The van der Waals surface area contributed by atoms with Crippen molar-refractivity contribution in [3.63, 3.8) is 0 Å². The summed E-state index contributed by atoms with van der Waals surface area (Å²) in [5.74, 6) is 0.365. The second-order valence-corrected chi connectivity index (χ2v) is 5.19. The van der Waals surface area contributed by atoms with Crippen molar-refractivity contribution < 1.29 is 19.4 Å². The van der Waals surface area contributed by atoms with E-state index in [-0.39, 0.29) is 23.7 Å². The van der Waals surface area contributed by atoms with Gasteiger partial charge in [0.15, 0.2) is 5.11 Å². The Bertz CT molecular complexity index is 489. The lowest BCUT2D eigenvalue weighted by Gasteiger charge is -2.16. The molecule has 0 aliphatic rings. The van der Waals surface area contributed by atoms with Gasteiger partial charge in [0.25, 0.3) is 5.91 Å². The van der Waals surface area contributed by atoms with E-state index in [1.807, 2.05) is 13.8 Å². The van der Waals surface area contributed by atoms with Crippen molar-refractivity contribution in [2.75, 3.05) is 26.4 Å². The summed E-state index contributed by atoms with van der Waals surface area (Å²) < 4.78 is 10.7. The highest BCUT2D eigenvalue weighted by molar-refractivity contribution is 7.80. The number of carbonyl (C=O) groups excluding carboxylic acids is 1. The van der Waals surface area contributed by atoms with Crippen LogP contribution in [0.1, 0.15) is 30.6 Å². The van der Waals surface area contributed by atoms with Crippen LogP contribution in [0.5, 0.6) is 5.75 Å². The fourth-order valence-electron chi connectivity index (χ4n) is 1.74. The Labute approximate surface area is 142 Å². The number of ether oxygens (including phenoxy) is 2. The quantitative estimate of drug-likeness (QED) is 0.467. The lowest BCUT2D eigenvalue weighted by molar-refractivity contribution is 0.0975. The normalized spacial score (nSPS) is 11.6. The maximum atomic E-state index is 12.1. The van der Waals surface area contributed by atoms with E-state index >= 15 is 0 Å². The molecule has 7 heteroatoms. The monoisotopic (exact) mass is 340 g/mol. The van der Waals surface area contributed by atoms with E-state index < -0.39 is 0 Å². The first-order valence-electron chi connectivity index (χ1n) is 7.64. The number of hydrogen-bond donors (Lipinski definition) is 3. The smallest absolute Gasteiger partial charge is 0.257 e. The topological polar surface area (TPSA) is 79.8 Å². The summed E-state index contributed by atoms with van der Waals surface area (Å²) in [6.45, 7) is 5.46. The molecule has 0 heterocycles.